The lowest BCUT2D eigenvalue weighted by Gasteiger charge is -2.02. The zero-order valence-electron chi connectivity index (χ0n) is 9.60. The van der Waals surface area contributed by atoms with Crippen LogP contribution in [0, 0.1) is 0 Å². The third-order valence-corrected chi connectivity index (χ3v) is 3.30. The minimum Gasteiger partial charge on any atom is -0.486 e. The van der Waals surface area contributed by atoms with Crippen molar-refractivity contribution in [2.24, 2.45) is 0 Å². The van der Waals surface area contributed by atoms with Crippen molar-refractivity contribution in [1.82, 2.24) is 0 Å². The Morgan fingerprint density at radius 1 is 1.00 bits per heavy atom. The molecule has 3 aromatic rings. The zero-order chi connectivity index (χ0) is 12.4. The number of hydrogen-bond acceptors (Lipinski definition) is 2. The minimum absolute atomic E-state index is 0.436. The maximum absolute atomic E-state index is 5.75. The van der Waals surface area contributed by atoms with Gasteiger partial charge in [0.15, 0.2) is 0 Å². The van der Waals surface area contributed by atoms with Crippen molar-refractivity contribution in [2.45, 2.75) is 6.61 Å². The fraction of sp³-hybridized carbons (Fsp3) is 0.0667. The van der Waals surface area contributed by atoms with E-state index in [0.717, 1.165) is 27.0 Å². The summed E-state index contributed by atoms with van der Waals surface area (Å²) in [5, 5.41) is 1.08. The highest BCUT2D eigenvalue weighted by atomic mass is 79.9. The van der Waals surface area contributed by atoms with Crippen molar-refractivity contribution < 1.29 is 9.15 Å². The highest BCUT2D eigenvalue weighted by Gasteiger charge is 2.06. The Balaban J connectivity index is 1.81. The topological polar surface area (TPSA) is 22.4 Å². The second-order valence-electron chi connectivity index (χ2n) is 3.97. The lowest BCUT2D eigenvalue weighted by Crippen LogP contribution is -1.92. The van der Waals surface area contributed by atoms with Crippen LogP contribution in [0.15, 0.2) is 63.5 Å². The van der Waals surface area contributed by atoms with Crippen LogP contribution in [-0.2, 0) is 6.61 Å². The molecule has 0 aliphatic heterocycles. The van der Waals surface area contributed by atoms with Gasteiger partial charge in [-0.3, -0.25) is 0 Å². The summed E-state index contributed by atoms with van der Waals surface area (Å²) in [5.74, 6) is 1.66. The summed E-state index contributed by atoms with van der Waals surface area (Å²) in [7, 11) is 0. The molecule has 0 radical (unpaired) electrons. The average molecular weight is 303 g/mol. The summed E-state index contributed by atoms with van der Waals surface area (Å²) < 4.78 is 12.4. The van der Waals surface area contributed by atoms with Crippen molar-refractivity contribution >= 4 is 26.9 Å². The van der Waals surface area contributed by atoms with E-state index in [2.05, 4.69) is 15.9 Å². The van der Waals surface area contributed by atoms with Crippen LogP contribution in [0.4, 0.5) is 0 Å². The molecule has 0 N–H and O–H groups in total. The lowest BCUT2D eigenvalue weighted by molar-refractivity contribution is 0.274. The maximum atomic E-state index is 5.75. The van der Waals surface area contributed by atoms with Gasteiger partial charge < -0.3 is 9.15 Å². The minimum atomic E-state index is 0.436. The maximum Gasteiger partial charge on any atom is 0.148 e. The van der Waals surface area contributed by atoms with E-state index in [1.54, 1.807) is 0 Å². The average Bonchev–Trinajstić information content (AvgIpc) is 2.82. The van der Waals surface area contributed by atoms with Crippen LogP contribution in [0.5, 0.6) is 5.75 Å². The second-order valence-corrected chi connectivity index (χ2v) is 4.83. The highest BCUT2D eigenvalue weighted by molar-refractivity contribution is 9.10. The van der Waals surface area contributed by atoms with Crippen LogP contribution in [0.25, 0.3) is 11.0 Å². The van der Waals surface area contributed by atoms with Crippen LogP contribution in [-0.4, -0.2) is 0 Å². The summed E-state index contributed by atoms with van der Waals surface area (Å²) in [6.45, 7) is 0.436. The Morgan fingerprint density at radius 2 is 1.83 bits per heavy atom. The van der Waals surface area contributed by atoms with E-state index in [1.165, 1.54) is 0 Å². The van der Waals surface area contributed by atoms with Crippen molar-refractivity contribution in [2.75, 3.05) is 0 Å². The third kappa shape index (κ3) is 2.27. The first-order valence-corrected chi connectivity index (χ1v) is 6.47. The Labute approximate surface area is 113 Å². The first-order chi connectivity index (χ1) is 8.83. The number of para-hydroxylation sites is 2. The predicted molar refractivity (Wildman–Crippen MR) is 74.7 cm³/mol. The molecular formula is C15H11BrO2. The lowest BCUT2D eigenvalue weighted by atomic mass is 10.2. The van der Waals surface area contributed by atoms with Gasteiger partial charge >= 0.3 is 0 Å². The van der Waals surface area contributed by atoms with Crippen molar-refractivity contribution in [3.8, 4) is 5.75 Å². The molecular weight excluding hydrogens is 292 g/mol. The molecule has 0 aliphatic carbocycles. The Morgan fingerprint density at radius 3 is 2.61 bits per heavy atom. The van der Waals surface area contributed by atoms with Gasteiger partial charge in [-0.05, 0) is 40.2 Å². The summed E-state index contributed by atoms with van der Waals surface area (Å²) in [6.07, 6.45) is 0. The fourth-order valence-electron chi connectivity index (χ4n) is 1.82. The molecule has 1 heterocycles. The smallest absolute Gasteiger partial charge is 0.148 e. The molecule has 0 fully saturated rings. The molecule has 90 valence electrons. The van der Waals surface area contributed by atoms with E-state index in [-0.39, 0.29) is 0 Å². The standard InChI is InChI=1S/C15H11BrO2/c16-14-8-4-5-11-9-13(18-15(11)14)10-17-12-6-2-1-3-7-12/h1-9H,10H2. The van der Waals surface area contributed by atoms with Gasteiger partial charge in [-0.1, -0.05) is 30.3 Å². The van der Waals surface area contributed by atoms with Gasteiger partial charge in [0.05, 0.1) is 4.47 Å². The number of fused-ring (bicyclic) bond motifs is 1. The van der Waals surface area contributed by atoms with Gasteiger partial charge in [0.2, 0.25) is 0 Å². The van der Waals surface area contributed by atoms with Crippen molar-refractivity contribution in [1.29, 1.82) is 0 Å². The summed E-state index contributed by atoms with van der Waals surface area (Å²) in [5.41, 5.74) is 0.865. The largest absolute Gasteiger partial charge is 0.486 e. The van der Waals surface area contributed by atoms with Crippen LogP contribution < -0.4 is 4.74 Å². The molecule has 0 aliphatic rings. The quantitative estimate of drug-likeness (QED) is 0.695. The predicted octanol–water partition coefficient (Wildman–Crippen LogP) is 4.77. The number of ether oxygens (including phenoxy) is 1. The normalized spacial score (nSPS) is 10.7. The Bertz CT molecular complexity index is 659. The summed E-state index contributed by atoms with van der Waals surface area (Å²) >= 11 is 3.47. The number of halogens is 1. The van der Waals surface area contributed by atoms with Gasteiger partial charge in [-0.25, -0.2) is 0 Å². The van der Waals surface area contributed by atoms with E-state index >= 15 is 0 Å². The van der Waals surface area contributed by atoms with Crippen LogP contribution in [0.2, 0.25) is 0 Å². The number of hydrogen-bond donors (Lipinski definition) is 0. The molecule has 18 heavy (non-hydrogen) atoms. The van der Waals surface area contributed by atoms with E-state index < -0.39 is 0 Å². The molecule has 0 saturated heterocycles. The molecule has 3 rings (SSSR count). The molecule has 0 atom stereocenters. The van der Waals surface area contributed by atoms with Gasteiger partial charge in [0, 0.05) is 5.39 Å². The summed E-state index contributed by atoms with van der Waals surface area (Å²) in [6, 6.07) is 17.7. The Hall–Kier alpha value is -1.74. The second kappa shape index (κ2) is 4.86. The monoisotopic (exact) mass is 302 g/mol. The molecule has 1 aromatic heterocycles. The molecule has 2 aromatic carbocycles. The Kier molecular flexibility index (Phi) is 3.07. The first kappa shape index (κ1) is 11.4. The van der Waals surface area contributed by atoms with Crippen LogP contribution >= 0.6 is 15.9 Å². The highest BCUT2D eigenvalue weighted by Crippen LogP contribution is 2.27. The first-order valence-electron chi connectivity index (χ1n) is 5.68. The SMILES string of the molecule is Brc1cccc2cc(COc3ccccc3)oc12. The van der Waals surface area contributed by atoms with Crippen molar-refractivity contribution in [3.63, 3.8) is 0 Å². The molecule has 0 amide bonds. The third-order valence-electron chi connectivity index (χ3n) is 2.67. The van der Waals surface area contributed by atoms with Gasteiger partial charge in [-0.15, -0.1) is 0 Å². The van der Waals surface area contributed by atoms with E-state index in [9.17, 15) is 0 Å². The molecule has 0 unspecified atom stereocenters. The molecule has 2 nitrogen and oxygen atoms in total. The van der Waals surface area contributed by atoms with Gasteiger partial charge in [0.25, 0.3) is 0 Å². The van der Waals surface area contributed by atoms with E-state index in [0.29, 0.717) is 6.61 Å². The van der Waals surface area contributed by atoms with E-state index in [1.807, 2.05) is 54.6 Å². The van der Waals surface area contributed by atoms with Gasteiger partial charge in [-0.2, -0.15) is 0 Å². The van der Waals surface area contributed by atoms with E-state index in [4.69, 9.17) is 9.15 Å². The number of furan rings is 1. The summed E-state index contributed by atoms with van der Waals surface area (Å²) in [4.78, 5) is 0. The number of rotatable bonds is 3. The van der Waals surface area contributed by atoms with Gasteiger partial charge in [0.1, 0.15) is 23.7 Å². The zero-order valence-corrected chi connectivity index (χ0v) is 11.2. The molecule has 0 spiro atoms. The van der Waals surface area contributed by atoms with Crippen LogP contribution in [0.1, 0.15) is 5.76 Å². The van der Waals surface area contributed by atoms with Crippen LogP contribution in [0.3, 0.4) is 0 Å². The molecule has 0 saturated carbocycles. The fourth-order valence-corrected chi connectivity index (χ4v) is 2.29. The molecule has 3 heteroatoms. The molecule has 0 bridgehead atoms. The number of benzene rings is 2. The van der Waals surface area contributed by atoms with Crippen molar-refractivity contribution in [3.05, 3.63) is 64.8 Å².